The number of piperidine rings is 1. The monoisotopic (exact) mass is 237 g/mol. The molecule has 0 bridgehead atoms. The van der Waals surface area contributed by atoms with Crippen LogP contribution < -0.4 is 5.32 Å². The molecule has 0 aliphatic carbocycles. The minimum atomic E-state index is -0.0750. The van der Waals surface area contributed by atoms with E-state index in [2.05, 4.69) is 35.7 Å². The van der Waals surface area contributed by atoms with Gasteiger partial charge >= 0.3 is 0 Å². The zero-order valence-electron chi connectivity index (χ0n) is 10.2. The van der Waals surface area contributed by atoms with Crippen LogP contribution in [0, 0.1) is 0 Å². The molecule has 0 aromatic heterocycles. The number of dihydropyridines is 1. The van der Waals surface area contributed by atoms with Crippen LogP contribution >= 0.6 is 0 Å². The van der Waals surface area contributed by atoms with Crippen LogP contribution in [0.5, 0.6) is 0 Å². The molecule has 0 radical (unpaired) electrons. The molecule has 1 saturated heterocycles. The Bertz CT molecular complexity index is 590. The molecule has 3 aliphatic heterocycles. The molecule has 1 aromatic carbocycles. The Labute approximate surface area is 106 Å². The van der Waals surface area contributed by atoms with E-state index >= 15 is 0 Å². The van der Waals surface area contributed by atoms with Gasteiger partial charge in [-0.3, -0.25) is 4.99 Å². The number of hydrogen-bond acceptors (Lipinski definition) is 3. The molecule has 3 aliphatic rings. The number of benzene rings is 1. The summed E-state index contributed by atoms with van der Waals surface area (Å²) >= 11 is 0. The van der Waals surface area contributed by atoms with E-state index in [9.17, 15) is 0 Å². The van der Waals surface area contributed by atoms with Gasteiger partial charge in [-0.05, 0) is 38.1 Å². The second-order valence-electron chi connectivity index (χ2n) is 5.12. The second kappa shape index (κ2) is 3.62. The lowest BCUT2D eigenvalue weighted by atomic mass is 9.79. The first-order chi connectivity index (χ1) is 8.89. The van der Waals surface area contributed by atoms with Gasteiger partial charge in [0.25, 0.3) is 0 Å². The average molecular weight is 237 g/mol. The summed E-state index contributed by atoms with van der Waals surface area (Å²) < 4.78 is 0. The maximum Gasteiger partial charge on any atom is 0.106 e. The summed E-state index contributed by atoms with van der Waals surface area (Å²) in [6.45, 7) is 2.06. The van der Waals surface area contributed by atoms with Gasteiger partial charge in [0.05, 0.1) is 11.4 Å². The lowest BCUT2D eigenvalue weighted by molar-refractivity contribution is 0.402. The van der Waals surface area contributed by atoms with Crippen molar-refractivity contribution in [1.29, 1.82) is 0 Å². The van der Waals surface area contributed by atoms with Crippen molar-refractivity contribution in [2.45, 2.75) is 18.4 Å². The third kappa shape index (κ3) is 1.28. The largest absolute Gasteiger partial charge is 0.317 e. The van der Waals surface area contributed by atoms with Gasteiger partial charge in [0.1, 0.15) is 5.54 Å². The van der Waals surface area contributed by atoms with E-state index in [1.54, 1.807) is 0 Å². The zero-order chi connectivity index (χ0) is 12.0. The highest BCUT2D eigenvalue weighted by Gasteiger charge is 2.42. The standard InChI is InChI=1S/C15H15N3/c1-2-4-13-11(3-1)12-5-8-17-15(14(12)18-13)6-9-16-10-7-15/h1-5,8,16H,6-7,9-10H2. The quantitative estimate of drug-likeness (QED) is 0.739. The molecule has 1 N–H and O–H groups in total. The van der Waals surface area contributed by atoms with Crippen LogP contribution in [0.15, 0.2) is 40.3 Å². The number of rotatable bonds is 0. The Morgan fingerprint density at radius 1 is 1.11 bits per heavy atom. The highest BCUT2D eigenvalue weighted by Crippen LogP contribution is 2.43. The molecule has 0 atom stereocenters. The van der Waals surface area contributed by atoms with Crippen LogP contribution in [0.1, 0.15) is 18.4 Å². The number of allylic oxidation sites excluding steroid dienone is 1. The SMILES string of the molecule is C1=NC2(CCNCC2)C2=Nc3ccccc3C2=C1. The molecule has 3 heterocycles. The molecule has 0 saturated carbocycles. The fourth-order valence-electron chi connectivity index (χ4n) is 3.15. The summed E-state index contributed by atoms with van der Waals surface area (Å²) in [5, 5.41) is 3.41. The van der Waals surface area contributed by atoms with E-state index in [4.69, 9.17) is 9.98 Å². The van der Waals surface area contributed by atoms with Gasteiger partial charge in [-0.2, -0.15) is 0 Å². The number of aliphatic imine (C=N–C) groups is 2. The van der Waals surface area contributed by atoms with Crippen LogP contribution in [0.4, 0.5) is 5.69 Å². The average Bonchev–Trinajstić information content (AvgIpc) is 2.81. The molecule has 4 rings (SSSR count). The maximum absolute atomic E-state index is 4.86. The molecular weight excluding hydrogens is 222 g/mol. The van der Waals surface area contributed by atoms with Crippen molar-refractivity contribution in [1.82, 2.24) is 5.32 Å². The van der Waals surface area contributed by atoms with Crippen LogP contribution in [0.3, 0.4) is 0 Å². The molecule has 0 unspecified atom stereocenters. The Kier molecular flexibility index (Phi) is 2.06. The first-order valence-electron chi connectivity index (χ1n) is 6.54. The van der Waals surface area contributed by atoms with Crippen molar-refractivity contribution >= 4 is 23.2 Å². The Hall–Kier alpha value is -1.74. The number of fused-ring (bicyclic) bond motifs is 4. The summed E-state index contributed by atoms with van der Waals surface area (Å²) in [6.07, 6.45) is 6.18. The molecule has 18 heavy (non-hydrogen) atoms. The lowest BCUT2D eigenvalue weighted by Gasteiger charge is -2.36. The molecule has 1 aromatic rings. The number of hydrogen-bond donors (Lipinski definition) is 1. The minimum Gasteiger partial charge on any atom is -0.317 e. The van der Waals surface area contributed by atoms with E-state index in [0.717, 1.165) is 31.6 Å². The fraction of sp³-hybridized carbons (Fsp3) is 0.333. The van der Waals surface area contributed by atoms with Crippen LogP contribution in [-0.2, 0) is 0 Å². The third-order valence-corrected chi connectivity index (χ3v) is 4.12. The molecule has 1 fully saturated rings. The van der Waals surface area contributed by atoms with Gasteiger partial charge in [-0.25, -0.2) is 4.99 Å². The van der Waals surface area contributed by atoms with Crippen molar-refractivity contribution in [2.24, 2.45) is 9.98 Å². The summed E-state index contributed by atoms with van der Waals surface area (Å²) in [5.74, 6) is 0. The smallest absolute Gasteiger partial charge is 0.106 e. The van der Waals surface area contributed by atoms with Crippen LogP contribution in [0.2, 0.25) is 0 Å². The Morgan fingerprint density at radius 2 is 1.94 bits per heavy atom. The fourth-order valence-corrected chi connectivity index (χ4v) is 3.15. The first kappa shape index (κ1) is 10.2. The highest BCUT2D eigenvalue weighted by molar-refractivity contribution is 6.35. The molecular formula is C15H15N3. The lowest BCUT2D eigenvalue weighted by Crippen LogP contribution is -2.47. The maximum atomic E-state index is 4.86. The summed E-state index contributed by atoms with van der Waals surface area (Å²) in [6, 6.07) is 8.39. The van der Waals surface area contributed by atoms with Gasteiger partial charge in [0.2, 0.25) is 0 Å². The van der Waals surface area contributed by atoms with Gasteiger partial charge in [0, 0.05) is 17.4 Å². The highest BCUT2D eigenvalue weighted by atomic mass is 15.0. The Morgan fingerprint density at radius 3 is 2.83 bits per heavy atom. The van der Waals surface area contributed by atoms with Crippen molar-refractivity contribution in [3.05, 3.63) is 35.9 Å². The van der Waals surface area contributed by atoms with E-state index in [1.165, 1.54) is 16.8 Å². The Balaban J connectivity index is 1.86. The van der Waals surface area contributed by atoms with Gasteiger partial charge in [-0.1, -0.05) is 18.2 Å². The predicted molar refractivity (Wildman–Crippen MR) is 74.8 cm³/mol. The van der Waals surface area contributed by atoms with E-state index in [-0.39, 0.29) is 5.54 Å². The number of nitrogens with zero attached hydrogens (tertiary/aromatic N) is 2. The van der Waals surface area contributed by atoms with Crippen molar-refractivity contribution in [3.8, 4) is 0 Å². The topological polar surface area (TPSA) is 36.8 Å². The van der Waals surface area contributed by atoms with Gasteiger partial charge in [0.15, 0.2) is 0 Å². The van der Waals surface area contributed by atoms with Crippen molar-refractivity contribution in [3.63, 3.8) is 0 Å². The first-order valence-corrected chi connectivity index (χ1v) is 6.54. The normalized spacial score (nSPS) is 23.3. The third-order valence-electron chi connectivity index (χ3n) is 4.12. The van der Waals surface area contributed by atoms with Gasteiger partial charge < -0.3 is 5.32 Å². The van der Waals surface area contributed by atoms with Crippen LogP contribution in [0.25, 0.3) is 5.57 Å². The number of para-hydroxylation sites is 1. The molecule has 3 nitrogen and oxygen atoms in total. The van der Waals surface area contributed by atoms with E-state index < -0.39 is 0 Å². The number of nitrogens with one attached hydrogen (secondary N) is 1. The second-order valence-corrected chi connectivity index (χ2v) is 5.12. The summed E-state index contributed by atoms with van der Waals surface area (Å²) in [4.78, 5) is 9.63. The summed E-state index contributed by atoms with van der Waals surface area (Å²) in [7, 11) is 0. The summed E-state index contributed by atoms with van der Waals surface area (Å²) in [5.41, 5.74) is 4.75. The van der Waals surface area contributed by atoms with E-state index in [1.807, 2.05) is 6.21 Å². The van der Waals surface area contributed by atoms with Gasteiger partial charge in [-0.15, -0.1) is 0 Å². The zero-order valence-corrected chi connectivity index (χ0v) is 10.2. The molecule has 1 spiro atoms. The van der Waals surface area contributed by atoms with Crippen LogP contribution in [-0.4, -0.2) is 30.6 Å². The van der Waals surface area contributed by atoms with E-state index in [0.29, 0.717) is 0 Å². The predicted octanol–water partition coefficient (Wildman–Crippen LogP) is 2.36. The minimum absolute atomic E-state index is 0.0750. The van der Waals surface area contributed by atoms with Crippen molar-refractivity contribution in [2.75, 3.05) is 13.1 Å². The van der Waals surface area contributed by atoms with Crippen molar-refractivity contribution < 1.29 is 0 Å². The molecule has 90 valence electrons. The molecule has 0 amide bonds. The molecule has 3 heteroatoms.